The smallest absolute Gasteiger partial charge is 0.207 e. The molecular weight excluding hydrogens is 282 g/mol. The molecule has 0 fully saturated rings. The van der Waals surface area contributed by atoms with Crippen molar-refractivity contribution in [2.75, 3.05) is 7.11 Å². The van der Waals surface area contributed by atoms with Gasteiger partial charge in [-0.25, -0.2) is 0 Å². The zero-order valence-electron chi connectivity index (χ0n) is 12.1. The molecule has 4 aromatic rings. The van der Waals surface area contributed by atoms with Crippen LogP contribution in [-0.4, -0.2) is 32.1 Å². The SMILES string of the molecule is COCc1cc(-c2nnc3c4ccccc4c(C)nn23)no1. The summed E-state index contributed by atoms with van der Waals surface area (Å²) in [5.41, 5.74) is 2.19. The van der Waals surface area contributed by atoms with E-state index in [1.807, 2.05) is 31.2 Å². The molecule has 0 saturated carbocycles. The van der Waals surface area contributed by atoms with E-state index in [1.165, 1.54) is 0 Å². The average molecular weight is 295 g/mol. The molecule has 0 aliphatic carbocycles. The molecule has 1 aromatic carbocycles. The number of hydrogen-bond acceptors (Lipinski definition) is 6. The van der Waals surface area contributed by atoms with Crippen LogP contribution in [0, 0.1) is 6.92 Å². The number of ether oxygens (including phenoxy) is 1. The van der Waals surface area contributed by atoms with E-state index in [1.54, 1.807) is 17.7 Å². The van der Waals surface area contributed by atoms with Crippen LogP contribution in [0.15, 0.2) is 34.9 Å². The van der Waals surface area contributed by atoms with Crippen molar-refractivity contribution in [2.45, 2.75) is 13.5 Å². The average Bonchev–Trinajstić information content (AvgIpc) is 3.14. The van der Waals surface area contributed by atoms with Gasteiger partial charge in [0.1, 0.15) is 6.61 Å². The van der Waals surface area contributed by atoms with E-state index in [9.17, 15) is 0 Å². The van der Waals surface area contributed by atoms with Crippen LogP contribution in [0.25, 0.3) is 27.9 Å². The summed E-state index contributed by atoms with van der Waals surface area (Å²) in [6.07, 6.45) is 0. The Kier molecular flexibility index (Phi) is 2.87. The molecule has 0 N–H and O–H groups in total. The molecule has 0 spiro atoms. The molecule has 0 bridgehead atoms. The van der Waals surface area contributed by atoms with Gasteiger partial charge in [-0.05, 0) is 6.92 Å². The molecule has 110 valence electrons. The normalized spacial score (nSPS) is 11.5. The number of fused-ring (bicyclic) bond motifs is 3. The Hall–Kier alpha value is -2.80. The molecule has 3 heterocycles. The maximum absolute atomic E-state index is 5.21. The maximum atomic E-state index is 5.21. The standard InChI is InChI=1S/C15H13N5O2/c1-9-11-5-3-4-6-12(11)14-16-17-15(20(14)18-9)13-7-10(8-21-2)22-19-13/h3-7H,8H2,1-2H3. The van der Waals surface area contributed by atoms with Crippen LogP contribution in [-0.2, 0) is 11.3 Å². The number of methoxy groups -OCH3 is 1. The van der Waals surface area contributed by atoms with Crippen LogP contribution in [0.4, 0.5) is 0 Å². The second kappa shape index (κ2) is 4.88. The number of hydrogen-bond donors (Lipinski definition) is 0. The van der Waals surface area contributed by atoms with E-state index >= 15 is 0 Å². The fraction of sp³-hybridized carbons (Fsp3) is 0.200. The predicted octanol–water partition coefficient (Wildman–Crippen LogP) is 2.39. The molecule has 7 nitrogen and oxygen atoms in total. The minimum Gasteiger partial charge on any atom is -0.377 e. The van der Waals surface area contributed by atoms with E-state index < -0.39 is 0 Å². The van der Waals surface area contributed by atoms with Crippen molar-refractivity contribution in [3.05, 3.63) is 41.8 Å². The lowest BCUT2D eigenvalue weighted by Gasteiger charge is -2.03. The monoisotopic (exact) mass is 295 g/mol. The van der Waals surface area contributed by atoms with E-state index in [0.717, 1.165) is 16.5 Å². The number of aryl methyl sites for hydroxylation is 1. The number of benzene rings is 1. The molecule has 7 heteroatoms. The zero-order valence-corrected chi connectivity index (χ0v) is 12.1. The summed E-state index contributed by atoms with van der Waals surface area (Å²) in [6, 6.07) is 9.78. The molecular formula is C15H13N5O2. The first kappa shape index (κ1) is 12.9. The van der Waals surface area contributed by atoms with Crippen molar-refractivity contribution >= 4 is 16.4 Å². The highest BCUT2D eigenvalue weighted by Gasteiger charge is 2.17. The Bertz CT molecular complexity index is 973. The Morgan fingerprint density at radius 1 is 1.18 bits per heavy atom. The van der Waals surface area contributed by atoms with Gasteiger partial charge in [-0.15, -0.1) is 10.2 Å². The van der Waals surface area contributed by atoms with Gasteiger partial charge in [0.25, 0.3) is 0 Å². The molecule has 22 heavy (non-hydrogen) atoms. The van der Waals surface area contributed by atoms with Crippen molar-refractivity contribution in [2.24, 2.45) is 0 Å². The fourth-order valence-corrected chi connectivity index (χ4v) is 2.53. The molecule has 0 aliphatic heterocycles. The van der Waals surface area contributed by atoms with Crippen LogP contribution < -0.4 is 0 Å². The van der Waals surface area contributed by atoms with Gasteiger partial charge >= 0.3 is 0 Å². The van der Waals surface area contributed by atoms with E-state index in [-0.39, 0.29) is 0 Å². The van der Waals surface area contributed by atoms with Gasteiger partial charge in [-0.2, -0.15) is 9.61 Å². The van der Waals surface area contributed by atoms with Crippen molar-refractivity contribution < 1.29 is 9.26 Å². The van der Waals surface area contributed by atoms with Gasteiger partial charge in [-0.3, -0.25) is 0 Å². The summed E-state index contributed by atoms with van der Waals surface area (Å²) >= 11 is 0. The van der Waals surface area contributed by atoms with Crippen molar-refractivity contribution in [3.8, 4) is 11.5 Å². The van der Waals surface area contributed by atoms with E-state index in [2.05, 4.69) is 20.5 Å². The molecule has 0 unspecified atom stereocenters. The molecule has 0 atom stereocenters. The van der Waals surface area contributed by atoms with Crippen LogP contribution >= 0.6 is 0 Å². The van der Waals surface area contributed by atoms with Crippen LogP contribution in [0.5, 0.6) is 0 Å². The largest absolute Gasteiger partial charge is 0.377 e. The van der Waals surface area contributed by atoms with Crippen LogP contribution in [0.3, 0.4) is 0 Å². The summed E-state index contributed by atoms with van der Waals surface area (Å²) in [7, 11) is 1.60. The second-order valence-electron chi connectivity index (χ2n) is 5.00. The lowest BCUT2D eigenvalue weighted by molar-refractivity contribution is 0.156. The first-order chi connectivity index (χ1) is 10.8. The first-order valence-corrected chi connectivity index (χ1v) is 6.83. The third-order valence-corrected chi connectivity index (χ3v) is 3.52. The second-order valence-corrected chi connectivity index (χ2v) is 5.00. The van der Waals surface area contributed by atoms with Gasteiger partial charge in [-0.1, -0.05) is 29.4 Å². The summed E-state index contributed by atoms with van der Waals surface area (Å²) in [4.78, 5) is 0. The van der Waals surface area contributed by atoms with Gasteiger partial charge in [0.2, 0.25) is 5.82 Å². The van der Waals surface area contributed by atoms with E-state index in [4.69, 9.17) is 9.26 Å². The van der Waals surface area contributed by atoms with Crippen LogP contribution in [0.2, 0.25) is 0 Å². The Labute approximate surface area is 125 Å². The van der Waals surface area contributed by atoms with Gasteiger partial charge in [0, 0.05) is 23.9 Å². The van der Waals surface area contributed by atoms with Crippen LogP contribution in [0.1, 0.15) is 11.5 Å². The number of nitrogens with zero attached hydrogens (tertiary/aromatic N) is 5. The number of rotatable bonds is 3. The summed E-state index contributed by atoms with van der Waals surface area (Å²) in [6.45, 7) is 2.32. The summed E-state index contributed by atoms with van der Waals surface area (Å²) < 4.78 is 11.9. The fourth-order valence-electron chi connectivity index (χ4n) is 2.53. The maximum Gasteiger partial charge on any atom is 0.207 e. The predicted molar refractivity (Wildman–Crippen MR) is 79.2 cm³/mol. The van der Waals surface area contributed by atoms with Gasteiger partial charge in [0.15, 0.2) is 17.1 Å². The molecule has 4 rings (SSSR count). The molecule has 0 amide bonds. The Morgan fingerprint density at radius 3 is 2.82 bits per heavy atom. The molecule has 0 saturated heterocycles. The molecule has 0 aliphatic rings. The third-order valence-electron chi connectivity index (χ3n) is 3.52. The zero-order chi connectivity index (χ0) is 15.1. The van der Waals surface area contributed by atoms with Gasteiger partial charge < -0.3 is 9.26 Å². The lowest BCUT2D eigenvalue weighted by Crippen LogP contribution is -1.99. The minimum atomic E-state index is 0.360. The van der Waals surface area contributed by atoms with Crippen molar-refractivity contribution in [3.63, 3.8) is 0 Å². The van der Waals surface area contributed by atoms with E-state index in [0.29, 0.717) is 29.5 Å². The number of aromatic nitrogens is 5. The highest BCUT2D eigenvalue weighted by Crippen LogP contribution is 2.24. The molecule has 0 radical (unpaired) electrons. The highest BCUT2D eigenvalue weighted by atomic mass is 16.5. The third kappa shape index (κ3) is 1.86. The minimum absolute atomic E-state index is 0.360. The topological polar surface area (TPSA) is 78.3 Å². The highest BCUT2D eigenvalue weighted by molar-refractivity contribution is 5.95. The van der Waals surface area contributed by atoms with Crippen molar-refractivity contribution in [1.82, 2.24) is 25.0 Å². The summed E-state index contributed by atoms with van der Waals surface area (Å²) in [5, 5.41) is 19.1. The first-order valence-electron chi connectivity index (χ1n) is 6.83. The quantitative estimate of drug-likeness (QED) is 0.577. The van der Waals surface area contributed by atoms with Gasteiger partial charge in [0.05, 0.1) is 5.69 Å². The summed E-state index contributed by atoms with van der Waals surface area (Å²) in [5.74, 6) is 1.18. The molecule has 3 aromatic heterocycles. The Balaban J connectivity index is 1.95. The van der Waals surface area contributed by atoms with Crippen molar-refractivity contribution in [1.29, 1.82) is 0 Å². The Morgan fingerprint density at radius 2 is 2.00 bits per heavy atom. The lowest BCUT2D eigenvalue weighted by atomic mass is 10.1.